The number of benzene rings is 2. The summed E-state index contributed by atoms with van der Waals surface area (Å²) in [5.74, 6) is -0.372. The fourth-order valence-corrected chi connectivity index (χ4v) is 2.76. The molecule has 0 amide bonds. The summed E-state index contributed by atoms with van der Waals surface area (Å²) in [6.07, 6.45) is 1.09. The monoisotopic (exact) mass is 328 g/mol. The Hall–Kier alpha value is -1.36. The third kappa shape index (κ3) is 3.03. The lowest BCUT2D eigenvalue weighted by molar-refractivity contribution is 0.103. The Morgan fingerprint density at radius 1 is 1.05 bits per heavy atom. The largest absolute Gasteiger partial charge is 0.289 e. The second-order valence-corrected chi connectivity index (χ2v) is 7.03. The minimum absolute atomic E-state index is 0.0847. The van der Waals surface area contributed by atoms with Gasteiger partial charge in [0.1, 0.15) is 0 Å². The number of hydrogen-bond donors (Lipinski definition) is 0. The Kier molecular flexibility index (Phi) is 4.18. The average molecular weight is 329 g/mol. The molecule has 0 aliphatic carbocycles. The van der Waals surface area contributed by atoms with Crippen molar-refractivity contribution < 1.29 is 13.2 Å². The second-order valence-electron chi connectivity index (χ2n) is 4.23. The predicted molar refractivity (Wildman–Crippen MR) is 79.4 cm³/mol. The van der Waals surface area contributed by atoms with Crippen molar-refractivity contribution in [2.75, 3.05) is 6.26 Å². The molecule has 0 bridgehead atoms. The van der Waals surface area contributed by atoms with Gasteiger partial charge in [-0.05, 0) is 24.3 Å². The summed E-state index contributed by atoms with van der Waals surface area (Å²) >= 11 is 11.9. The van der Waals surface area contributed by atoms with Crippen molar-refractivity contribution >= 4 is 38.8 Å². The van der Waals surface area contributed by atoms with Crippen LogP contribution in [0.25, 0.3) is 0 Å². The van der Waals surface area contributed by atoms with Crippen molar-refractivity contribution in [2.24, 2.45) is 0 Å². The number of rotatable bonds is 3. The zero-order valence-electron chi connectivity index (χ0n) is 10.4. The molecule has 0 aromatic heterocycles. The minimum atomic E-state index is -3.37. The topological polar surface area (TPSA) is 51.2 Å². The molecule has 20 heavy (non-hydrogen) atoms. The van der Waals surface area contributed by atoms with E-state index in [0.717, 1.165) is 6.26 Å². The van der Waals surface area contributed by atoms with Crippen molar-refractivity contribution in [1.82, 2.24) is 0 Å². The predicted octanol–water partition coefficient (Wildman–Crippen LogP) is 3.63. The fourth-order valence-electron chi connectivity index (χ4n) is 1.70. The molecular formula is C14H10Cl2O3S. The van der Waals surface area contributed by atoms with Gasteiger partial charge in [-0.3, -0.25) is 4.79 Å². The average Bonchev–Trinajstić information content (AvgIpc) is 2.40. The van der Waals surface area contributed by atoms with Gasteiger partial charge in [-0.25, -0.2) is 8.42 Å². The van der Waals surface area contributed by atoms with Gasteiger partial charge in [0, 0.05) is 17.4 Å². The first-order valence-corrected chi connectivity index (χ1v) is 8.24. The van der Waals surface area contributed by atoms with Crippen LogP contribution >= 0.6 is 23.2 Å². The molecule has 3 nitrogen and oxygen atoms in total. The van der Waals surface area contributed by atoms with Gasteiger partial charge in [0.2, 0.25) is 0 Å². The van der Waals surface area contributed by atoms with Gasteiger partial charge >= 0.3 is 0 Å². The number of carbonyl (C=O) groups excluding carboxylic acids is 1. The van der Waals surface area contributed by atoms with Crippen molar-refractivity contribution in [3.05, 3.63) is 63.6 Å². The van der Waals surface area contributed by atoms with Crippen LogP contribution in [0.1, 0.15) is 15.9 Å². The molecule has 0 N–H and O–H groups in total. The summed E-state index contributed by atoms with van der Waals surface area (Å²) in [7, 11) is -3.37. The molecular weight excluding hydrogens is 319 g/mol. The maximum absolute atomic E-state index is 12.4. The van der Waals surface area contributed by atoms with Gasteiger partial charge in [0.25, 0.3) is 0 Å². The third-order valence-corrected chi connectivity index (χ3v) is 4.65. The first-order chi connectivity index (χ1) is 9.30. The SMILES string of the molecule is CS(=O)(=O)c1cccc(C(=O)c2cccc(Cl)c2Cl)c1. The van der Waals surface area contributed by atoms with Gasteiger partial charge in [0.15, 0.2) is 15.6 Å². The zero-order chi connectivity index (χ0) is 14.9. The van der Waals surface area contributed by atoms with Crippen LogP contribution in [0.4, 0.5) is 0 Å². The lowest BCUT2D eigenvalue weighted by Crippen LogP contribution is -2.05. The highest BCUT2D eigenvalue weighted by atomic mass is 35.5. The summed E-state index contributed by atoms with van der Waals surface area (Å²) in [4.78, 5) is 12.4. The van der Waals surface area contributed by atoms with E-state index in [0.29, 0.717) is 0 Å². The highest BCUT2D eigenvalue weighted by Crippen LogP contribution is 2.27. The highest BCUT2D eigenvalue weighted by Gasteiger charge is 2.16. The Morgan fingerprint density at radius 3 is 2.35 bits per heavy atom. The van der Waals surface area contributed by atoms with E-state index in [1.807, 2.05) is 0 Å². The molecule has 0 heterocycles. The van der Waals surface area contributed by atoms with Gasteiger partial charge in [-0.2, -0.15) is 0 Å². The third-order valence-electron chi connectivity index (χ3n) is 2.72. The van der Waals surface area contributed by atoms with E-state index in [1.54, 1.807) is 18.2 Å². The first kappa shape index (κ1) is 15.0. The molecule has 6 heteroatoms. The van der Waals surface area contributed by atoms with Crippen molar-refractivity contribution in [2.45, 2.75) is 4.90 Å². The molecule has 0 fully saturated rings. The molecule has 2 rings (SSSR count). The Bertz CT molecular complexity index is 783. The molecule has 0 unspecified atom stereocenters. The van der Waals surface area contributed by atoms with E-state index < -0.39 is 9.84 Å². The van der Waals surface area contributed by atoms with Gasteiger partial charge in [-0.15, -0.1) is 0 Å². The maximum Gasteiger partial charge on any atom is 0.194 e. The van der Waals surface area contributed by atoms with E-state index in [1.165, 1.54) is 24.3 Å². The number of hydrogen-bond acceptors (Lipinski definition) is 3. The summed E-state index contributed by atoms with van der Waals surface area (Å²) < 4.78 is 23.0. The van der Waals surface area contributed by atoms with Crippen LogP contribution in [-0.2, 0) is 9.84 Å². The number of sulfone groups is 1. The molecule has 104 valence electrons. The summed E-state index contributed by atoms with van der Waals surface area (Å²) in [5.41, 5.74) is 0.488. The highest BCUT2D eigenvalue weighted by molar-refractivity contribution is 7.90. The van der Waals surface area contributed by atoms with Gasteiger partial charge in [-0.1, -0.05) is 41.4 Å². The maximum atomic E-state index is 12.4. The van der Waals surface area contributed by atoms with Crippen LogP contribution in [0, 0.1) is 0 Å². The second kappa shape index (κ2) is 5.56. The Labute approximate surface area is 127 Å². The quantitative estimate of drug-likeness (QED) is 0.808. The molecule has 0 radical (unpaired) electrons. The Morgan fingerprint density at radius 2 is 1.70 bits per heavy atom. The number of halogens is 2. The van der Waals surface area contributed by atoms with Gasteiger partial charge < -0.3 is 0 Å². The lowest BCUT2D eigenvalue weighted by atomic mass is 10.0. The smallest absolute Gasteiger partial charge is 0.194 e. The van der Waals surface area contributed by atoms with Crippen LogP contribution in [0.15, 0.2) is 47.4 Å². The minimum Gasteiger partial charge on any atom is -0.289 e. The van der Waals surface area contributed by atoms with Crippen LogP contribution in [0.2, 0.25) is 10.0 Å². The normalized spacial score (nSPS) is 11.3. The molecule has 0 atom stereocenters. The molecule has 0 saturated carbocycles. The molecule has 0 saturated heterocycles. The Balaban J connectivity index is 2.52. The summed E-state index contributed by atoms with van der Waals surface area (Å²) in [6.45, 7) is 0. The number of ketones is 1. The van der Waals surface area contributed by atoms with E-state index in [9.17, 15) is 13.2 Å². The number of carbonyl (C=O) groups is 1. The van der Waals surface area contributed by atoms with Crippen molar-refractivity contribution in [3.63, 3.8) is 0 Å². The van der Waals surface area contributed by atoms with Crippen molar-refractivity contribution in [1.29, 1.82) is 0 Å². The van der Waals surface area contributed by atoms with Gasteiger partial charge in [0.05, 0.1) is 14.9 Å². The van der Waals surface area contributed by atoms with Crippen molar-refractivity contribution in [3.8, 4) is 0 Å². The molecule has 0 aliphatic rings. The molecule has 0 spiro atoms. The van der Waals surface area contributed by atoms with E-state index in [2.05, 4.69) is 0 Å². The van der Waals surface area contributed by atoms with Crippen LogP contribution in [0.3, 0.4) is 0 Å². The van der Waals surface area contributed by atoms with Crippen LogP contribution in [0.5, 0.6) is 0 Å². The van der Waals surface area contributed by atoms with Crippen LogP contribution in [-0.4, -0.2) is 20.5 Å². The summed E-state index contributed by atoms with van der Waals surface area (Å²) in [5, 5.41) is 0.431. The van der Waals surface area contributed by atoms with Crippen LogP contribution < -0.4 is 0 Å². The van der Waals surface area contributed by atoms with E-state index in [-0.39, 0.29) is 31.9 Å². The standard InChI is InChI=1S/C14H10Cl2O3S/c1-20(18,19)10-5-2-4-9(8-10)14(17)11-6-3-7-12(15)13(11)16/h2-8H,1H3. The molecule has 2 aromatic carbocycles. The lowest BCUT2D eigenvalue weighted by Gasteiger charge is -2.06. The van der Waals surface area contributed by atoms with E-state index in [4.69, 9.17) is 23.2 Å². The van der Waals surface area contributed by atoms with E-state index >= 15 is 0 Å². The zero-order valence-corrected chi connectivity index (χ0v) is 12.8. The first-order valence-electron chi connectivity index (χ1n) is 5.59. The fraction of sp³-hybridized carbons (Fsp3) is 0.0714. The molecule has 2 aromatic rings. The molecule has 0 aliphatic heterocycles. The summed E-state index contributed by atoms with van der Waals surface area (Å²) in [6, 6.07) is 10.6.